The zero-order valence-corrected chi connectivity index (χ0v) is 34.4. The molecule has 0 aliphatic carbocycles. The Hall–Kier alpha value is -7.32. The Kier molecular flexibility index (Phi) is 11.5. The molecule has 9 aromatic rings. The maximum Gasteiger partial charge on any atom is 0.0352 e. The fourth-order valence-corrected chi connectivity index (χ4v) is 8.67. The molecule has 0 aliphatic rings. The minimum Gasteiger partial charge on any atom is -0.141 e. The normalized spacial score (nSPS) is 11.3. The van der Waals surface area contributed by atoms with Crippen molar-refractivity contribution in [2.24, 2.45) is 0 Å². The molecular formula is C59H44S. The summed E-state index contributed by atoms with van der Waals surface area (Å²) in [6.07, 6.45) is 13.6. The first-order chi connectivity index (χ1) is 29.6. The van der Waals surface area contributed by atoms with Gasteiger partial charge in [-0.15, -0.1) is 11.3 Å². The summed E-state index contributed by atoms with van der Waals surface area (Å²) in [5.41, 5.74) is 15.5. The highest BCUT2D eigenvalue weighted by atomic mass is 32.1. The Morgan fingerprint density at radius 1 is 0.367 bits per heavy atom. The summed E-state index contributed by atoms with van der Waals surface area (Å²) in [7, 11) is 0. The van der Waals surface area contributed by atoms with Crippen molar-refractivity contribution in [1.29, 1.82) is 0 Å². The van der Waals surface area contributed by atoms with Crippen LogP contribution in [0.2, 0.25) is 0 Å². The fourth-order valence-electron chi connectivity index (χ4n) is 7.77. The molecule has 0 fully saturated rings. The molecule has 0 N–H and O–H groups in total. The third kappa shape index (κ3) is 8.88. The quantitative estimate of drug-likeness (QED) is 0.115. The molecule has 0 atom stereocenters. The Labute approximate surface area is 358 Å². The van der Waals surface area contributed by atoms with Gasteiger partial charge in [0, 0.05) is 15.3 Å². The van der Waals surface area contributed by atoms with Gasteiger partial charge in [0.2, 0.25) is 0 Å². The van der Waals surface area contributed by atoms with Crippen molar-refractivity contribution >= 4 is 69.7 Å². The smallest absolute Gasteiger partial charge is 0.0352 e. The minimum absolute atomic E-state index is 1.15. The third-order valence-corrected chi connectivity index (χ3v) is 11.9. The van der Waals surface area contributed by atoms with Crippen LogP contribution in [0, 0.1) is 6.92 Å². The number of rotatable bonds is 11. The van der Waals surface area contributed by atoms with Crippen LogP contribution in [0.25, 0.3) is 68.8 Å². The topological polar surface area (TPSA) is 0 Å². The van der Waals surface area contributed by atoms with Crippen molar-refractivity contribution in [2.75, 3.05) is 0 Å². The van der Waals surface area contributed by atoms with Crippen LogP contribution in [0.5, 0.6) is 0 Å². The molecule has 0 unspecified atom stereocenters. The highest BCUT2D eigenvalue weighted by Crippen LogP contribution is 2.38. The predicted molar refractivity (Wildman–Crippen MR) is 262 cm³/mol. The summed E-state index contributed by atoms with van der Waals surface area (Å²) in [6, 6.07) is 75.9. The summed E-state index contributed by atoms with van der Waals surface area (Å²) < 4.78 is 0. The van der Waals surface area contributed by atoms with Crippen LogP contribution in [-0.4, -0.2) is 0 Å². The Morgan fingerprint density at radius 2 is 0.767 bits per heavy atom. The van der Waals surface area contributed by atoms with Gasteiger partial charge in [0.25, 0.3) is 0 Å². The number of aryl methyl sites for hydroxylation is 1. The fraction of sp³-hybridized carbons (Fsp3) is 0.0169. The van der Waals surface area contributed by atoms with Gasteiger partial charge in [-0.25, -0.2) is 0 Å². The number of fused-ring (bicyclic) bond motifs is 1. The molecule has 0 bridgehead atoms. The first kappa shape index (κ1) is 38.2. The van der Waals surface area contributed by atoms with E-state index in [0.29, 0.717) is 0 Å². The molecule has 0 saturated carbocycles. The molecule has 1 heterocycles. The molecule has 0 amide bonds. The number of hydrogen-bond acceptors (Lipinski definition) is 1. The van der Waals surface area contributed by atoms with Crippen molar-refractivity contribution in [2.45, 2.75) is 6.92 Å². The van der Waals surface area contributed by atoms with E-state index >= 15 is 0 Å². The van der Waals surface area contributed by atoms with E-state index in [1.165, 1.54) is 70.6 Å². The zero-order chi connectivity index (χ0) is 40.5. The average molecular weight is 785 g/mol. The molecule has 8 aromatic carbocycles. The number of benzene rings is 8. The lowest BCUT2D eigenvalue weighted by Gasteiger charge is -2.13. The molecular weight excluding hydrogens is 741 g/mol. The summed E-state index contributed by atoms with van der Waals surface area (Å²) in [5.74, 6) is 0. The van der Waals surface area contributed by atoms with Gasteiger partial charge in [-0.05, 0) is 115 Å². The lowest BCUT2D eigenvalue weighted by atomic mass is 9.92. The Balaban J connectivity index is 1.06. The second-order valence-corrected chi connectivity index (χ2v) is 16.3. The van der Waals surface area contributed by atoms with Crippen LogP contribution in [0.4, 0.5) is 0 Å². The van der Waals surface area contributed by atoms with E-state index < -0.39 is 0 Å². The molecule has 60 heavy (non-hydrogen) atoms. The molecule has 1 aromatic heterocycles. The standard InChI is InChI=1S/C59H44S/c1-43-26-39-59(60-43)58-42-52(37-35-44-27-31-46(32-28-44)40-56(48-16-6-2-7-17-48)49-18-8-3-9-19-49)53(54-24-14-15-25-55(54)58)38-36-45-29-33-47(34-30-45)41-57(50-20-10-4-11-21-50)51-22-12-5-13-23-51/h2-42H,1H3/b37-35-,38-36-. The van der Waals surface area contributed by atoms with Gasteiger partial charge >= 0.3 is 0 Å². The Morgan fingerprint density at radius 3 is 1.20 bits per heavy atom. The average Bonchev–Trinajstić information content (AvgIpc) is 3.76. The second kappa shape index (κ2) is 18.1. The van der Waals surface area contributed by atoms with Gasteiger partial charge in [0.15, 0.2) is 0 Å². The van der Waals surface area contributed by atoms with Crippen LogP contribution in [0.1, 0.15) is 60.5 Å². The highest BCUT2D eigenvalue weighted by Gasteiger charge is 2.13. The summed E-state index contributed by atoms with van der Waals surface area (Å²) in [5, 5.41) is 2.50. The summed E-state index contributed by atoms with van der Waals surface area (Å²) in [4.78, 5) is 2.59. The van der Waals surface area contributed by atoms with E-state index in [9.17, 15) is 0 Å². The first-order valence-corrected chi connectivity index (χ1v) is 21.3. The lowest BCUT2D eigenvalue weighted by Crippen LogP contribution is -1.89. The highest BCUT2D eigenvalue weighted by molar-refractivity contribution is 7.15. The van der Waals surface area contributed by atoms with Crippen LogP contribution < -0.4 is 0 Å². The van der Waals surface area contributed by atoms with Crippen molar-refractivity contribution < 1.29 is 0 Å². The van der Waals surface area contributed by atoms with Crippen molar-refractivity contribution in [1.82, 2.24) is 0 Å². The Bertz CT molecular complexity index is 2880. The largest absolute Gasteiger partial charge is 0.141 e. The zero-order valence-electron chi connectivity index (χ0n) is 33.6. The predicted octanol–water partition coefficient (Wildman–Crippen LogP) is 16.4. The minimum atomic E-state index is 1.15. The van der Waals surface area contributed by atoms with Gasteiger partial charge in [-0.3, -0.25) is 0 Å². The lowest BCUT2D eigenvalue weighted by molar-refractivity contribution is 1.55. The summed E-state index contributed by atoms with van der Waals surface area (Å²) >= 11 is 1.85. The van der Waals surface area contributed by atoms with Crippen molar-refractivity contribution in [3.05, 3.63) is 273 Å². The van der Waals surface area contributed by atoms with Gasteiger partial charge in [-0.2, -0.15) is 0 Å². The number of thiophene rings is 1. The third-order valence-electron chi connectivity index (χ3n) is 10.9. The molecule has 0 spiro atoms. The van der Waals surface area contributed by atoms with E-state index in [1.54, 1.807) is 0 Å². The molecule has 0 saturated heterocycles. The van der Waals surface area contributed by atoms with Gasteiger partial charge in [0.1, 0.15) is 0 Å². The van der Waals surface area contributed by atoms with Crippen LogP contribution in [0.3, 0.4) is 0 Å². The van der Waals surface area contributed by atoms with Crippen LogP contribution in [0.15, 0.2) is 212 Å². The van der Waals surface area contributed by atoms with E-state index in [4.69, 9.17) is 0 Å². The monoisotopic (exact) mass is 784 g/mol. The molecule has 286 valence electrons. The molecule has 0 nitrogen and oxygen atoms in total. The van der Waals surface area contributed by atoms with Gasteiger partial charge < -0.3 is 0 Å². The van der Waals surface area contributed by atoms with Gasteiger partial charge in [-0.1, -0.05) is 218 Å². The summed E-state index contributed by atoms with van der Waals surface area (Å²) in [6.45, 7) is 2.18. The van der Waals surface area contributed by atoms with Crippen LogP contribution in [-0.2, 0) is 0 Å². The van der Waals surface area contributed by atoms with E-state index in [-0.39, 0.29) is 0 Å². The van der Waals surface area contributed by atoms with E-state index in [0.717, 1.165) is 22.3 Å². The van der Waals surface area contributed by atoms with E-state index in [1.807, 2.05) is 11.3 Å². The molecule has 0 aliphatic heterocycles. The molecule has 9 rings (SSSR count). The maximum atomic E-state index is 2.37. The van der Waals surface area contributed by atoms with Crippen molar-refractivity contribution in [3.63, 3.8) is 0 Å². The van der Waals surface area contributed by atoms with E-state index in [2.05, 4.69) is 256 Å². The number of hydrogen-bond donors (Lipinski definition) is 0. The van der Waals surface area contributed by atoms with Crippen LogP contribution >= 0.6 is 11.3 Å². The maximum absolute atomic E-state index is 2.37. The SMILES string of the molecule is Cc1ccc(-c2cc(/C=C\c3ccc(C=C(c4ccccc4)c4ccccc4)cc3)c(/C=C\c3ccc(C=C(c4ccccc4)c4ccccc4)cc3)c3ccccc23)s1. The molecule has 0 radical (unpaired) electrons. The molecule has 1 heteroatoms. The van der Waals surface area contributed by atoms with Crippen molar-refractivity contribution in [3.8, 4) is 10.4 Å². The van der Waals surface area contributed by atoms with Gasteiger partial charge in [0.05, 0.1) is 0 Å². The second-order valence-electron chi connectivity index (χ2n) is 15.0. The first-order valence-electron chi connectivity index (χ1n) is 20.5.